The zero-order chi connectivity index (χ0) is 13.9. The summed E-state index contributed by atoms with van der Waals surface area (Å²) in [6.07, 6.45) is 3.83. The van der Waals surface area contributed by atoms with Crippen molar-refractivity contribution < 1.29 is 0 Å². The minimum Gasteiger partial charge on any atom is -0.383 e. The van der Waals surface area contributed by atoms with Crippen LogP contribution in [0.3, 0.4) is 0 Å². The summed E-state index contributed by atoms with van der Waals surface area (Å²) in [5, 5.41) is 9.74. The second-order valence-corrected chi connectivity index (χ2v) is 6.70. The van der Waals surface area contributed by atoms with Gasteiger partial charge in [0.1, 0.15) is 0 Å². The average Bonchev–Trinajstić information content (AvgIpc) is 2.91. The smallest absolute Gasteiger partial charge is 0.0348 e. The van der Waals surface area contributed by atoms with Crippen LogP contribution in [0.4, 0.5) is 5.69 Å². The molecule has 3 rings (SSSR count). The first kappa shape index (κ1) is 13.9. The van der Waals surface area contributed by atoms with Crippen molar-refractivity contribution in [2.75, 3.05) is 11.9 Å². The highest BCUT2D eigenvalue weighted by Gasteiger charge is 2.16. The number of benzene rings is 2. The fourth-order valence-electron chi connectivity index (χ4n) is 3.03. The van der Waals surface area contributed by atoms with Crippen LogP contribution < -0.4 is 10.6 Å². The summed E-state index contributed by atoms with van der Waals surface area (Å²) in [7, 11) is 0. The third-order valence-electron chi connectivity index (χ3n) is 4.02. The number of hydrogen-bond acceptors (Lipinski definition) is 2. The molecular weight excluding hydrogens is 312 g/mol. The molecule has 2 atom stereocenters. The Kier molecular flexibility index (Phi) is 4.27. The molecule has 1 aliphatic heterocycles. The van der Waals surface area contributed by atoms with Crippen molar-refractivity contribution >= 4 is 32.4 Å². The maximum Gasteiger partial charge on any atom is 0.0348 e. The lowest BCUT2D eigenvalue weighted by Crippen LogP contribution is -2.29. The van der Waals surface area contributed by atoms with E-state index in [1.807, 2.05) is 0 Å². The Bertz CT molecular complexity index is 591. The number of hydrogen-bond donors (Lipinski definition) is 2. The molecule has 2 aromatic rings. The fraction of sp³-hybridized carbons (Fsp3) is 0.412. The van der Waals surface area contributed by atoms with Crippen molar-refractivity contribution in [3.63, 3.8) is 0 Å². The van der Waals surface area contributed by atoms with E-state index in [2.05, 4.69) is 69.9 Å². The van der Waals surface area contributed by atoms with Crippen LogP contribution in [0.5, 0.6) is 0 Å². The van der Waals surface area contributed by atoms with Crippen LogP contribution in [0.2, 0.25) is 0 Å². The molecule has 0 aromatic heterocycles. The molecule has 1 aliphatic rings. The molecular formula is C17H21BrN2. The summed E-state index contributed by atoms with van der Waals surface area (Å²) < 4.78 is 1.13. The molecule has 2 nitrogen and oxygen atoms in total. The van der Waals surface area contributed by atoms with Crippen molar-refractivity contribution in [1.82, 2.24) is 5.32 Å². The Labute approximate surface area is 129 Å². The van der Waals surface area contributed by atoms with Gasteiger partial charge in [-0.15, -0.1) is 0 Å². The lowest BCUT2D eigenvalue weighted by atomic mass is 10.1. The lowest BCUT2D eigenvalue weighted by Gasteiger charge is -2.19. The summed E-state index contributed by atoms with van der Waals surface area (Å²) in [5.74, 6) is 0. The lowest BCUT2D eigenvalue weighted by molar-refractivity contribution is 0.523. The molecule has 1 saturated heterocycles. The number of rotatable bonds is 4. The van der Waals surface area contributed by atoms with Crippen molar-refractivity contribution in [2.45, 2.75) is 38.3 Å². The zero-order valence-corrected chi connectivity index (χ0v) is 13.4. The molecule has 1 fully saturated rings. The fourth-order valence-corrected chi connectivity index (χ4v) is 3.41. The number of halogens is 1. The van der Waals surface area contributed by atoms with E-state index in [9.17, 15) is 0 Å². The van der Waals surface area contributed by atoms with Gasteiger partial charge in [0.05, 0.1) is 0 Å². The minimum absolute atomic E-state index is 0.499. The largest absolute Gasteiger partial charge is 0.383 e. The molecule has 0 bridgehead atoms. The first-order chi connectivity index (χ1) is 9.70. The first-order valence-electron chi connectivity index (χ1n) is 7.40. The highest BCUT2D eigenvalue weighted by molar-refractivity contribution is 9.10. The third kappa shape index (κ3) is 3.33. The van der Waals surface area contributed by atoms with Gasteiger partial charge in [0, 0.05) is 22.2 Å². The normalized spacial score (nSPS) is 20.2. The van der Waals surface area contributed by atoms with E-state index in [0.717, 1.165) is 4.47 Å². The van der Waals surface area contributed by atoms with E-state index in [0.29, 0.717) is 12.1 Å². The summed E-state index contributed by atoms with van der Waals surface area (Å²) in [4.78, 5) is 0. The molecule has 106 valence electrons. The molecule has 0 amide bonds. The van der Waals surface area contributed by atoms with Gasteiger partial charge in [-0.3, -0.25) is 0 Å². The Morgan fingerprint density at radius 3 is 2.85 bits per heavy atom. The molecule has 1 heterocycles. The summed E-state index contributed by atoms with van der Waals surface area (Å²) in [5.41, 5.74) is 1.21. The van der Waals surface area contributed by atoms with E-state index < -0.39 is 0 Å². The maximum absolute atomic E-state index is 3.62. The van der Waals surface area contributed by atoms with E-state index in [1.165, 1.54) is 42.3 Å². The topological polar surface area (TPSA) is 24.1 Å². The monoisotopic (exact) mass is 332 g/mol. The molecule has 20 heavy (non-hydrogen) atoms. The van der Waals surface area contributed by atoms with Gasteiger partial charge < -0.3 is 10.6 Å². The molecule has 0 aliphatic carbocycles. The Morgan fingerprint density at radius 1 is 1.25 bits per heavy atom. The van der Waals surface area contributed by atoms with Crippen LogP contribution in [0.15, 0.2) is 40.9 Å². The van der Waals surface area contributed by atoms with Crippen LogP contribution in [0.25, 0.3) is 10.8 Å². The first-order valence-corrected chi connectivity index (χ1v) is 8.19. The Balaban J connectivity index is 1.68. The van der Waals surface area contributed by atoms with Gasteiger partial charge in [-0.05, 0) is 67.8 Å². The Morgan fingerprint density at radius 2 is 2.05 bits per heavy atom. The van der Waals surface area contributed by atoms with E-state index in [4.69, 9.17) is 0 Å². The van der Waals surface area contributed by atoms with Crippen LogP contribution in [-0.2, 0) is 0 Å². The van der Waals surface area contributed by atoms with Gasteiger partial charge in [-0.1, -0.05) is 28.1 Å². The predicted molar refractivity (Wildman–Crippen MR) is 90.4 cm³/mol. The van der Waals surface area contributed by atoms with Crippen molar-refractivity contribution in [3.8, 4) is 0 Å². The minimum atomic E-state index is 0.499. The molecule has 0 saturated carbocycles. The molecule has 2 N–H and O–H groups in total. The van der Waals surface area contributed by atoms with E-state index in [-0.39, 0.29) is 0 Å². The van der Waals surface area contributed by atoms with Crippen molar-refractivity contribution in [3.05, 3.63) is 40.9 Å². The second kappa shape index (κ2) is 6.15. The van der Waals surface area contributed by atoms with Crippen molar-refractivity contribution in [1.29, 1.82) is 0 Å². The standard InChI is InChI=1S/C17H21BrN2/c1-12(9-16-3-2-8-19-16)20-17-7-5-13-10-15(18)6-4-14(13)11-17/h4-7,10-12,16,19-20H,2-3,8-9H2,1H3. The van der Waals surface area contributed by atoms with E-state index >= 15 is 0 Å². The quantitative estimate of drug-likeness (QED) is 0.858. The van der Waals surface area contributed by atoms with Gasteiger partial charge >= 0.3 is 0 Å². The molecule has 3 heteroatoms. The summed E-state index contributed by atoms with van der Waals surface area (Å²) in [6, 6.07) is 14.2. The van der Waals surface area contributed by atoms with Crippen LogP contribution in [0, 0.1) is 0 Å². The van der Waals surface area contributed by atoms with Gasteiger partial charge in [0.2, 0.25) is 0 Å². The Hall–Kier alpha value is -1.06. The molecule has 0 spiro atoms. The molecule has 2 unspecified atom stereocenters. The van der Waals surface area contributed by atoms with Crippen LogP contribution >= 0.6 is 15.9 Å². The third-order valence-corrected chi connectivity index (χ3v) is 4.51. The number of anilines is 1. The second-order valence-electron chi connectivity index (χ2n) is 5.78. The number of fused-ring (bicyclic) bond motifs is 1. The summed E-state index contributed by atoms with van der Waals surface area (Å²) in [6.45, 7) is 3.45. The highest BCUT2D eigenvalue weighted by Crippen LogP contribution is 2.24. The molecule has 0 radical (unpaired) electrons. The highest BCUT2D eigenvalue weighted by atomic mass is 79.9. The predicted octanol–water partition coefficient (Wildman–Crippen LogP) is 4.54. The van der Waals surface area contributed by atoms with Gasteiger partial charge in [0.15, 0.2) is 0 Å². The molecule has 2 aromatic carbocycles. The maximum atomic E-state index is 3.62. The van der Waals surface area contributed by atoms with Crippen LogP contribution in [0.1, 0.15) is 26.2 Å². The number of nitrogens with one attached hydrogen (secondary N) is 2. The zero-order valence-electron chi connectivity index (χ0n) is 11.8. The van der Waals surface area contributed by atoms with Gasteiger partial charge in [-0.2, -0.15) is 0 Å². The van der Waals surface area contributed by atoms with E-state index in [1.54, 1.807) is 0 Å². The van der Waals surface area contributed by atoms with Crippen LogP contribution in [-0.4, -0.2) is 18.6 Å². The SMILES string of the molecule is CC(CC1CCCN1)Nc1ccc2cc(Br)ccc2c1. The van der Waals surface area contributed by atoms with Gasteiger partial charge in [0.25, 0.3) is 0 Å². The summed E-state index contributed by atoms with van der Waals surface area (Å²) >= 11 is 3.52. The van der Waals surface area contributed by atoms with Gasteiger partial charge in [-0.25, -0.2) is 0 Å². The van der Waals surface area contributed by atoms with Crippen molar-refractivity contribution in [2.24, 2.45) is 0 Å². The average molecular weight is 333 g/mol.